The third-order valence-electron chi connectivity index (χ3n) is 10.7. The molecule has 0 bridgehead atoms. The first-order valence-corrected chi connectivity index (χ1v) is 18.4. The average Bonchev–Trinajstić information content (AvgIpc) is 3.74. The maximum Gasteiger partial charge on any atom is 0.416 e. The molecule has 1 heterocycles. The Bertz CT molecular complexity index is 1490. The van der Waals surface area contributed by atoms with E-state index < -0.39 is 31.4 Å². The van der Waals surface area contributed by atoms with Gasteiger partial charge in [-0.25, -0.2) is 9.07 Å². The van der Waals surface area contributed by atoms with Crippen LogP contribution in [0.5, 0.6) is 0 Å². The van der Waals surface area contributed by atoms with E-state index in [9.17, 15) is 9.18 Å². The lowest BCUT2D eigenvalue weighted by Crippen LogP contribution is -2.63. The molecule has 6 rings (SSSR count). The van der Waals surface area contributed by atoms with Gasteiger partial charge in [0.05, 0.1) is 22.8 Å². The minimum atomic E-state index is -4.53. The lowest BCUT2D eigenvalue weighted by molar-refractivity contribution is -0.271. The van der Waals surface area contributed by atoms with Crippen molar-refractivity contribution in [1.29, 1.82) is 0 Å². The summed E-state index contributed by atoms with van der Waals surface area (Å²) in [6, 6.07) is 12.1. The van der Waals surface area contributed by atoms with Crippen LogP contribution < -0.4 is 5.32 Å². The van der Waals surface area contributed by atoms with Crippen molar-refractivity contribution in [3.8, 4) is 5.69 Å². The molecule has 1 amide bonds. The Morgan fingerprint density at radius 3 is 2.40 bits per heavy atom. The SMILES string of the molecule is CC[Si](CC)(CC)O[C@]1(C(F)(F)F)CC[C@@]2(C(=O)NC3CC3)c3cc4cnn(-c5ccc(F)cc5)c4cc3CCC[C@@H]2C1. The lowest BCUT2D eigenvalue weighted by atomic mass is 9.57. The van der Waals surface area contributed by atoms with Crippen molar-refractivity contribution in [2.45, 2.75) is 114 Å². The summed E-state index contributed by atoms with van der Waals surface area (Å²) in [5, 5.41) is 8.59. The molecule has 0 radical (unpaired) electrons. The van der Waals surface area contributed by atoms with Crippen molar-refractivity contribution < 1.29 is 26.8 Å². The zero-order valence-corrected chi connectivity index (χ0v) is 26.2. The molecular weight excluding hydrogens is 574 g/mol. The molecule has 3 aromatic rings. The molecule has 3 aliphatic rings. The molecule has 2 aromatic carbocycles. The number of hydrogen-bond acceptors (Lipinski definition) is 3. The Labute approximate surface area is 251 Å². The van der Waals surface area contributed by atoms with Crippen LogP contribution in [-0.4, -0.2) is 41.8 Å². The molecule has 5 nitrogen and oxygen atoms in total. The monoisotopic (exact) mass is 615 g/mol. The molecule has 3 atom stereocenters. The number of amides is 1. The Kier molecular flexibility index (Phi) is 7.76. The van der Waals surface area contributed by atoms with Crippen molar-refractivity contribution in [3.05, 3.63) is 59.5 Å². The van der Waals surface area contributed by atoms with Gasteiger partial charge in [0.15, 0.2) is 13.9 Å². The second-order valence-corrected chi connectivity index (χ2v) is 17.6. The Morgan fingerprint density at radius 2 is 1.77 bits per heavy atom. The smallest absolute Gasteiger partial charge is 0.403 e. The quantitative estimate of drug-likeness (QED) is 0.206. The highest BCUT2D eigenvalue weighted by Gasteiger charge is 2.66. The van der Waals surface area contributed by atoms with E-state index >= 15 is 13.2 Å². The average molecular weight is 616 g/mol. The number of nitrogens with one attached hydrogen (secondary N) is 1. The summed E-state index contributed by atoms with van der Waals surface area (Å²) in [4.78, 5) is 14.3. The topological polar surface area (TPSA) is 56.1 Å². The number of halogens is 4. The van der Waals surface area contributed by atoms with Gasteiger partial charge in [-0.05, 0) is 123 Å². The van der Waals surface area contributed by atoms with Crippen molar-refractivity contribution in [2.75, 3.05) is 0 Å². The number of benzene rings is 2. The number of carbonyl (C=O) groups is 1. The van der Waals surface area contributed by atoms with Gasteiger partial charge in [0.2, 0.25) is 5.91 Å². The number of fused-ring (bicyclic) bond motifs is 4. The van der Waals surface area contributed by atoms with E-state index in [1.165, 1.54) is 12.1 Å². The zero-order chi connectivity index (χ0) is 30.6. The molecule has 10 heteroatoms. The molecule has 1 aromatic heterocycles. The number of nitrogens with zero attached hydrogens (tertiary/aromatic N) is 2. The van der Waals surface area contributed by atoms with Crippen LogP contribution in [0, 0.1) is 11.7 Å². The maximum atomic E-state index is 15.2. The summed E-state index contributed by atoms with van der Waals surface area (Å²) >= 11 is 0. The molecular formula is C33H41F4N3O2Si. The van der Waals surface area contributed by atoms with Gasteiger partial charge in [0, 0.05) is 11.4 Å². The first-order valence-electron chi connectivity index (χ1n) is 15.8. The second-order valence-electron chi connectivity index (χ2n) is 13.0. The van der Waals surface area contributed by atoms with E-state index in [4.69, 9.17) is 4.43 Å². The van der Waals surface area contributed by atoms with E-state index in [-0.39, 0.29) is 37.0 Å². The van der Waals surface area contributed by atoms with E-state index in [1.54, 1.807) is 23.0 Å². The summed E-state index contributed by atoms with van der Waals surface area (Å²) < 4.78 is 67.4. The molecule has 0 unspecified atom stereocenters. The zero-order valence-electron chi connectivity index (χ0n) is 25.2. The predicted octanol–water partition coefficient (Wildman–Crippen LogP) is 8.14. The fourth-order valence-electron chi connectivity index (χ4n) is 7.80. The number of carbonyl (C=O) groups excluding carboxylic acids is 1. The molecule has 2 fully saturated rings. The Balaban J connectivity index is 1.47. The summed E-state index contributed by atoms with van der Waals surface area (Å²) in [6.07, 6.45) is 0.508. The fraction of sp³-hybridized carbons (Fsp3) is 0.576. The van der Waals surface area contributed by atoms with Gasteiger partial charge in [-0.1, -0.05) is 20.8 Å². The maximum absolute atomic E-state index is 15.2. The van der Waals surface area contributed by atoms with Crippen molar-refractivity contribution >= 4 is 25.1 Å². The third-order valence-corrected chi connectivity index (χ3v) is 15.4. The number of aryl methyl sites for hydroxylation is 1. The van der Waals surface area contributed by atoms with Gasteiger partial charge in [0.25, 0.3) is 0 Å². The molecule has 0 aliphatic heterocycles. The third kappa shape index (κ3) is 5.12. The minimum absolute atomic E-state index is 0.0853. The van der Waals surface area contributed by atoms with Crippen LogP contribution in [0.1, 0.15) is 76.8 Å². The van der Waals surface area contributed by atoms with Gasteiger partial charge in [0.1, 0.15) is 5.82 Å². The van der Waals surface area contributed by atoms with Gasteiger partial charge >= 0.3 is 6.18 Å². The van der Waals surface area contributed by atoms with E-state index in [0.29, 0.717) is 43.1 Å². The molecule has 0 saturated heterocycles. The summed E-state index contributed by atoms with van der Waals surface area (Å²) in [6.45, 7) is 5.87. The van der Waals surface area contributed by atoms with E-state index in [1.807, 2.05) is 32.9 Å². The van der Waals surface area contributed by atoms with Crippen LogP contribution in [0.15, 0.2) is 42.6 Å². The fourth-order valence-corrected chi connectivity index (χ4v) is 10.9. The van der Waals surface area contributed by atoms with Crippen LogP contribution in [0.2, 0.25) is 18.1 Å². The van der Waals surface area contributed by atoms with Gasteiger partial charge in [-0.2, -0.15) is 18.3 Å². The Morgan fingerprint density at radius 1 is 1.07 bits per heavy atom. The lowest BCUT2D eigenvalue weighted by Gasteiger charge is -2.53. The van der Waals surface area contributed by atoms with Crippen molar-refractivity contribution in [3.63, 3.8) is 0 Å². The van der Waals surface area contributed by atoms with Gasteiger partial charge in [-0.15, -0.1) is 0 Å². The van der Waals surface area contributed by atoms with Crippen LogP contribution in [0.3, 0.4) is 0 Å². The highest BCUT2D eigenvalue weighted by Crippen LogP contribution is 2.58. The number of aromatic nitrogens is 2. The standard InChI is InChI=1S/C33H41F4N3O2Si/c1-4-43(5-2,6-3)42-31(33(35,36)37)16-17-32(30(41)39-26-12-13-26)24(20-31)9-7-8-22-19-29-23(18-28(22)32)21-38-40(29)27-14-10-25(34)11-15-27/h10-11,14-15,18-19,21,24,26H,4-9,12-13,16-17,20H2,1-3H3,(H,39,41)/t24-,31-,32+/m1/s1. The Hall–Kier alpha value is -2.72. The van der Waals surface area contributed by atoms with Crippen LogP contribution in [0.4, 0.5) is 17.6 Å². The number of hydrogen-bond donors (Lipinski definition) is 1. The largest absolute Gasteiger partial charge is 0.416 e. The molecule has 1 N–H and O–H groups in total. The van der Waals surface area contributed by atoms with Gasteiger partial charge < -0.3 is 9.74 Å². The highest BCUT2D eigenvalue weighted by molar-refractivity contribution is 6.73. The first kappa shape index (κ1) is 30.3. The molecule has 43 heavy (non-hydrogen) atoms. The van der Waals surface area contributed by atoms with Crippen molar-refractivity contribution in [2.24, 2.45) is 5.92 Å². The summed E-state index contributed by atoms with van der Waals surface area (Å²) in [5.41, 5.74) is 0.0363. The van der Waals surface area contributed by atoms with Crippen LogP contribution >= 0.6 is 0 Å². The van der Waals surface area contributed by atoms with Crippen LogP contribution in [0.25, 0.3) is 16.6 Å². The normalized spacial score (nSPS) is 26.1. The predicted molar refractivity (Wildman–Crippen MR) is 161 cm³/mol. The van der Waals surface area contributed by atoms with Crippen molar-refractivity contribution in [1.82, 2.24) is 15.1 Å². The van der Waals surface area contributed by atoms with Gasteiger partial charge in [-0.3, -0.25) is 4.79 Å². The van der Waals surface area contributed by atoms with E-state index in [2.05, 4.69) is 10.4 Å². The molecule has 0 spiro atoms. The first-order chi connectivity index (χ1) is 20.5. The van der Waals surface area contributed by atoms with E-state index in [0.717, 1.165) is 34.9 Å². The molecule has 3 aliphatic carbocycles. The number of alkyl halides is 3. The minimum Gasteiger partial charge on any atom is -0.403 e. The second kappa shape index (κ2) is 11.0. The molecule has 232 valence electrons. The van der Waals surface area contributed by atoms with Crippen LogP contribution in [-0.2, 0) is 21.1 Å². The summed E-state index contributed by atoms with van der Waals surface area (Å²) in [5.74, 6) is -0.990. The highest BCUT2D eigenvalue weighted by atomic mass is 28.4. The molecule has 2 saturated carbocycles. The number of rotatable bonds is 8. The summed E-state index contributed by atoms with van der Waals surface area (Å²) in [7, 11) is -2.62.